The zero-order valence-electron chi connectivity index (χ0n) is 8.39. The number of carbonyl (C=O) groups is 1. The molecule has 2 rings (SSSR count). The van der Waals surface area contributed by atoms with Crippen molar-refractivity contribution in [3.63, 3.8) is 0 Å². The van der Waals surface area contributed by atoms with Gasteiger partial charge in [0.1, 0.15) is 5.69 Å². The van der Waals surface area contributed by atoms with E-state index in [4.69, 9.17) is 0 Å². The predicted octanol–water partition coefficient (Wildman–Crippen LogP) is 1.98. The van der Waals surface area contributed by atoms with Crippen LogP contribution < -0.4 is 0 Å². The zero-order valence-corrected chi connectivity index (χ0v) is 8.39. The van der Waals surface area contributed by atoms with E-state index in [2.05, 4.69) is 10.2 Å². The number of nitrogens with one attached hydrogen (secondary N) is 1. The Hall–Kier alpha value is -1.26. The molecule has 0 aliphatic heterocycles. The number of halogens is 2. The fourth-order valence-electron chi connectivity index (χ4n) is 2.05. The molecule has 0 saturated heterocycles. The van der Waals surface area contributed by atoms with Crippen molar-refractivity contribution in [2.75, 3.05) is 0 Å². The number of nitrogens with zero attached hydrogens (tertiary/aromatic N) is 1. The average molecular weight is 214 g/mol. The van der Waals surface area contributed by atoms with Gasteiger partial charge in [0.2, 0.25) is 5.92 Å². The van der Waals surface area contributed by atoms with Gasteiger partial charge in [-0.25, -0.2) is 8.78 Å². The zero-order chi connectivity index (χ0) is 11.1. The molecule has 5 heteroatoms. The van der Waals surface area contributed by atoms with E-state index >= 15 is 0 Å². The first-order valence-electron chi connectivity index (χ1n) is 4.91. The fourth-order valence-corrected chi connectivity index (χ4v) is 2.05. The molecule has 1 N–H and O–H groups in total. The molecule has 1 aromatic heterocycles. The second-order valence-corrected chi connectivity index (χ2v) is 4.08. The van der Waals surface area contributed by atoms with Crippen LogP contribution in [0.2, 0.25) is 0 Å². The Morgan fingerprint density at radius 3 is 2.93 bits per heavy atom. The summed E-state index contributed by atoms with van der Waals surface area (Å²) in [4.78, 5) is 10.6. The molecule has 15 heavy (non-hydrogen) atoms. The van der Waals surface area contributed by atoms with E-state index in [1.807, 2.05) is 0 Å². The van der Waals surface area contributed by atoms with Gasteiger partial charge in [-0.15, -0.1) is 0 Å². The highest BCUT2D eigenvalue weighted by atomic mass is 19.3. The number of alkyl halides is 2. The Kier molecular flexibility index (Phi) is 2.32. The molecule has 0 bridgehead atoms. The second-order valence-electron chi connectivity index (χ2n) is 4.08. The first-order chi connectivity index (χ1) is 7.02. The van der Waals surface area contributed by atoms with Crippen LogP contribution in [0.5, 0.6) is 0 Å². The van der Waals surface area contributed by atoms with Crippen molar-refractivity contribution in [3.05, 3.63) is 17.0 Å². The number of aryl methyl sites for hydroxylation is 1. The molecule has 3 nitrogen and oxygen atoms in total. The third-order valence-corrected chi connectivity index (χ3v) is 3.01. The Morgan fingerprint density at radius 1 is 1.60 bits per heavy atom. The van der Waals surface area contributed by atoms with Gasteiger partial charge in [-0.2, -0.15) is 5.10 Å². The molecular formula is C10H12F2N2O. The first kappa shape index (κ1) is 10.3. The van der Waals surface area contributed by atoms with Crippen LogP contribution in [0.25, 0.3) is 0 Å². The minimum atomic E-state index is -2.69. The number of rotatable bonds is 2. The number of aldehydes is 1. The van der Waals surface area contributed by atoms with E-state index in [9.17, 15) is 13.6 Å². The van der Waals surface area contributed by atoms with Crippen LogP contribution in [0.1, 0.15) is 35.1 Å². The van der Waals surface area contributed by atoms with Crippen LogP contribution in [-0.4, -0.2) is 22.4 Å². The van der Waals surface area contributed by atoms with Gasteiger partial charge >= 0.3 is 0 Å². The molecule has 1 atom stereocenters. The lowest BCUT2D eigenvalue weighted by atomic mass is 9.83. The number of aromatic nitrogens is 2. The largest absolute Gasteiger partial charge is 0.296 e. The number of H-pyrrole nitrogens is 1. The van der Waals surface area contributed by atoms with Crippen molar-refractivity contribution in [3.8, 4) is 0 Å². The summed E-state index contributed by atoms with van der Waals surface area (Å²) in [5.41, 5.74) is 1.78. The summed E-state index contributed by atoms with van der Waals surface area (Å²) in [6, 6.07) is 0. The van der Waals surface area contributed by atoms with Crippen molar-refractivity contribution in [2.24, 2.45) is 5.92 Å². The van der Waals surface area contributed by atoms with Gasteiger partial charge in [-0.3, -0.25) is 9.89 Å². The van der Waals surface area contributed by atoms with Crippen LogP contribution in [0, 0.1) is 5.92 Å². The van der Waals surface area contributed by atoms with E-state index in [0.29, 0.717) is 24.7 Å². The molecule has 0 saturated carbocycles. The maximum absolute atomic E-state index is 13.1. The normalized spacial score (nSPS) is 21.1. The van der Waals surface area contributed by atoms with E-state index in [0.717, 1.165) is 12.6 Å². The molecule has 0 radical (unpaired) electrons. The van der Waals surface area contributed by atoms with Crippen LogP contribution in [0.4, 0.5) is 8.78 Å². The lowest BCUT2D eigenvalue weighted by molar-refractivity contribution is -0.0445. The molecule has 0 fully saturated rings. The number of aromatic amines is 1. The molecule has 0 aromatic carbocycles. The van der Waals surface area contributed by atoms with Gasteiger partial charge in [-0.05, 0) is 26.2 Å². The monoisotopic (exact) mass is 214 g/mol. The third kappa shape index (κ3) is 1.78. The minimum Gasteiger partial charge on any atom is -0.296 e. The number of carbonyl (C=O) groups excluding carboxylic acids is 1. The van der Waals surface area contributed by atoms with Crippen molar-refractivity contribution < 1.29 is 13.6 Å². The smallest absolute Gasteiger partial charge is 0.248 e. The summed E-state index contributed by atoms with van der Waals surface area (Å²) in [5, 5.41) is 6.52. The molecular weight excluding hydrogens is 202 g/mol. The van der Waals surface area contributed by atoms with Crippen LogP contribution in [0.15, 0.2) is 0 Å². The van der Waals surface area contributed by atoms with Gasteiger partial charge in [0.05, 0.1) is 0 Å². The van der Waals surface area contributed by atoms with Crippen LogP contribution in [0.3, 0.4) is 0 Å². The fraction of sp³-hybridized carbons (Fsp3) is 0.600. The third-order valence-electron chi connectivity index (χ3n) is 3.01. The van der Waals surface area contributed by atoms with Crippen molar-refractivity contribution in [2.45, 2.75) is 32.1 Å². The SMILES string of the molecule is CC(F)(F)C1CCc2[nH]nc(C=O)c2C1. The van der Waals surface area contributed by atoms with E-state index in [-0.39, 0.29) is 12.1 Å². The minimum absolute atomic E-state index is 0.239. The van der Waals surface area contributed by atoms with E-state index in [1.165, 1.54) is 0 Å². The van der Waals surface area contributed by atoms with Gasteiger partial charge in [0.25, 0.3) is 0 Å². The lowest BCUT2D eigenvalue weighted by Crippen LogP contribution is -2.30. The topological polar surface area (TPSA) is 45.8 Å². The summed E-state index contributed by atoms with van der Waals surface area (Å²) in [6.07, 6.45) is 1.84. The molecule has 1 heterocycles. The lowest BCUT2D eigenvalue weighted by Gasteiger charge is -2.27. The van der Waals surface area contributed by atoms with Gasteiger partial charge < -0.3 is 0 Å². The average Bonchev–Trinajstić information content (AvgIpc) is 2.57. The quantitative estimate of drug-likeness (QED) is 0.765. The summed E-state index contributed by atoms with van der Waals surface area (Å²) >= 11 is 0. The van der Waals surface area contributed by atoms with E-state index < -0.39 is 11.8 Å². The highest BCUT2D eigenvalue weighted by Gasteiger charge is 2.37. The highest BCUT2D eigenvalue weighted by molar-refractivity contribution is 5.74. The van der Waals surface area contributed by atoms with Crippen LogP contribution >= 0.6 is 0 Å². The molecule has 0 spiro atoms. The Bertz CT molecular complexity index is 381. The molecule has 82 valence electrons. The summed E-state index contributed by atoms with van der Waals surface area (Å²) in [7, 11) is 0. The molecule has 1 aromatic rings. The van der Waals surface area contributed by atoms with Crippen molar-refractivity contribution in [1.29, 1.82) is 0 Å². The predicted molar refractivity (Wildman–Crippen MR) is 50.1 cm³/mol. The summed E-state index contributed by atoms with van der Waals surface area (Å²) < 4.78 is 26.2. The Morgan fingerprint density at radius 2 is 2.33 bits per heavy atom. The summed E-state index contributed by atoms with van der Waals surface area (Å²) in [6.45, 7) is 0.934. The maximum Gasteiger partial charge on any atom is 0.248 e. The van der Waals surface area contributed by atoms with Gasteiger partial charge in [0, 0.05) is 17.2 Å². The highest BCUT2D eigenvalue weighted by Crippen LogP contribution is 2.35. The first-order valence-corrected chi connectivity index (χ1v) is 4.91. The van der Waals surface area contributed by atoms with Gasteiger partial charge in [-0.1, -0.05) is 0 Å². The second kappa shape index (κ2) is 3.40. The standard InChI is InChI=1S/C10H12F2N2O/c1-10(11,12)6-2-3-8-7(4-6)9(5-15)14-13-8/h5-6H,2-4H2,1H3,(H,13,14). The Labute approximate surface area is 85.9 Å². The number of hydrogen-bond acceptors (Lipinski definition) is 2. The van der Waals surface area contributed by atoms with Crippen molar-refractivity contribution >= 4 is 6.29 Å². The Balaban J connectivity index is 2.28. The van der Waals surface area contributed by atoms with Gasteiger partial charge in [0.15, 0.2) is 6.29 Å². The molecule has 0 amide bonds. The van der Waals surface area contributed by atoms with Crippen LogP contribution in [-0.2, 0) is 12.8 Å². The molecule has 1 unspecified atom stereocenters. The molecule has 1 aliphatic rings. The van der Waals surface area contributed by atoms with Crippen molar-refractivity contribution in [1.82, 2.24) is 10.2 Å². The summed E-state index contributed by atoms with van der Waals surface area (Å²) in [5.74, 6) is -3.36. The number of fused-ring (bicyclic) bond motifs is 1. The maximum atomic E-state index is 13.1. The number of hydrogen-bond donors (Lipinski definition) is 1. The van der Waals surface area contributed by atoms with E-state index in [1.54, 1.807) is 0 Å². The molecule has 1 aliphatic carbocycles.